The molecule has 0 bridgehead atoms. The number of hydrogen-bond donors (Lipinski definition) is 1. The van der Waals surface area contributed by atoms with Gasteiger partial charge in [-0.15, -0.1) is 12.4 Å². The van der Waals surface area contributed by atoms with Gasteiger partial charge in [-0.05, 0) is 43.2 Å². The Hall–Kier alpha value is -2.35. The number of nitrogens with two attached hydrogens (primary N) is 1. The summed E-state index contributed by atoms with van der Waals surface area (Å²) >= 11 is 5.92. The van der Waals surface area contributed by atoms with E-state index in [4.69, 9.17) is 26.3 Å². The number of likely N-dealkylation sites (tertiary alicyclic amines) is 1. The van der Waals surface area contributed by atoms with Crippen LogP contribution in [0.2, 0.25) is 5.02 Å². The maximum Gasteiger partial charge on any atom is 0.257 e. The Labute approximate surface area is 173 Å². The lowest BCUT2D eigenvalue weighted by Crippen LogP contribution is -2.39. The van der Waals surface area contributed by atoms with Crippen LogP contribution in [0.5, 0.6) is 0 Å². The molecule has 1 aromatic carbocycles. The lowest BCUT2D eigenvalue weighted by molar-refractivity contribution is 0.0695. The van der Waals surface area contributed by atoms with E-state index < -0.39 is 0 Å². The predicted octanol–water partition coefficient (Wildman–Crippen LogP) is 3.88. The molecule has 7 nitrogen and oxygen atoms in total. The third kappa shape index (κ3) is 4.22. The lowest BCUT2D eigenvalue weighted by atomic mass is 9.97. The molecule has 4 rings (SSSR count). The van der Waals surface area contributed by atoms with E-state index in [9.17, 15) is 4.79 Å². The first-order valence-electron chi connectivity index (χ1n) is 8.80. The van der Waals surface area contributed by atoms with Crippen molar-refractivity contribution in [1.29, 1.82) is 0 Å². The fourth-order valence-electron chi connectivity index (χ4n) is 3.26. The molecule has 1 atom stereocenters. The highest BCUT2D eigenvalue weighted by Crippen LogP contribution is 2.29. The monoisotopic (exact) mass is 422 g/mol. The van der Waals surface area contributed by atoms with Crippen LogP contribution in [-0.4, -0.2) is 34.0 Å². The summed E-state index contributed by atoms with van der Waals surface area (Å²) in [5.74, 6) is 1.61. The molecule has 1 aliphatic heterocycles. The van der Waals surface area contributed by atoms with E-state index >= 15 is 0 Å². The second-order valence-electron chi connectivity index (χ2n) is 6.56. The normalized spacial score (nSPS) is 16.6. The second-order valence-corrected chi connectivity index (χ2v) is 7.00. The van der Waals surface area contributed by atoms with Crippen molar-refractivity contribution >= 4 is 29.9 Å². The first-order chi connectivity index (χ1) is 13.1. The molecule has 0 saturated carbocycles. The van der Waals surface area contributed by atoms with E-state index in [-0.39, 0.29) is 30.8 Å². The van der Waals surface area contributed by atoms with Gasteiger partial charge in [0.05, 0.1) is 18.0 Å². The van der Waals surface area contributed by atoms with E-state index in [0.717, 1.165) is 18.4 Å². The van der Waals surface area contributed by atoms with Gasteiger partial charge in [-0.2, -0.15) is 4.98 Å². The number of hydrogen-bond acceptors (Lipinski definition) is 6. The van der Waals surface area contributed by atoms with Gasteiger partial charge < -0.3 is 19.6 Å². The number of rotatable bonds is 4. The van der Waals surface area contributed by atoms with Crippen molar-refractivity contribution in [2.45, 2.75) is 25.3 Å². The Morgan fingerprint density at radius 3 is 2.82 bits per heavy atom. The largest absolute Gasteiger partial charge is 0.467 e. The molecule has 3 heterocycles. The van der Waals surface area contributed by atoms with Crippen LogP contribution in [0.15, 0.2) is 45.5 Å². The average molecular weight is 423 g/mol. The molecule has 9 heteroatoms. The van der Waals surface area contributed by atoms with Crippen molar-refractivity contribution in [3.05, 3.63) is 58.8 Å². The minimum atomic E-state index is -0.0689. The van der Waals surface area contributed by atoms with Crippen LogP contribution in [0, 0.1) is 0 Å². The highest BCUT2D eigenvalue weighted by atomic mass is 35.5. The Morgan fingerprint density at radius 1 is 1.32 bits per heavy atom. The molecule has 1 fully saturated rings. The summed E-state index contributed by atoms with van der Waals surface area (Å²) in [6, 6.07) is 8.96. The molecule has 1 amide bonds. The van der Waals surface area contributed by atoms with Gasteiger partial charge in [-0.25, -0.2) is 0 Å². The van der Waals surface area contributed by atoms with Crippen LogP contribution in [0.25, 0.3) is 11.4 Å². The standard InChI is InChI=1S/C19H19ClN4O3.ClH/c20-15-5-3-12(4-6-15)17-22-18(27-23-17)13-2-1-7-24(10-13)19(25)14-8-16(9-21)26-11-14;/h3-6,8,11,13H,1-2,7,9-10,21H2;1H. The molecule has 148 valence electrons. The summed E-state index contributed by atoms with van der Waals surface area (Å²) in [6.07, 6.45) is 3.22. The number of amides is 1. The van der Waals surface area contributed by atoms with Gasteiger partial charge >= 0.3 is 0 Å². The zero-order valence-electron chi connectivity index (χ0n) is 15.0. The van der Waals surface area contributed by atoms with Crippen molar-refractivity contribution in [2.24, 2.45) is 5.73 Å². The van der Waals surface area contributed by atoms with E-state index in [1.165, 1.54) is 6.26 Å². The zero-order valence-corrected chi connectivity index (χ0v) is 16.6. The third-order valence-electron chi connectivity index (χ3n) is 4.70. The summed E-state index contributed by atoms with van der Waals surface area (Å²) in [4.78, 5) is 19.0. The van der Waals surface area contributed by atoms with E-state index in [1.54, 1.807) is 23.1 Å². The highest BCUT2D eigenvalue weighted by Gasteiger charge is 2.29. The summed E-state index contributed by atoms with van der Waals surface area (Å²) in [6.45, 7) is 1.49. The number of halogens is 2. The summed E-state index contributed by atoms with van der Waals surface area (Å²) in [7, 11) is 0. The Kier molecular flexibility index (Phi) is 6.39. The number of furan rings is 1. The average Bonchev–Trinajstić information content (AvgIpc) is 3.38. The van der Waals surface area contributed by atoms with Gasteiger partial charge in [0.1, 0.15) is 12.0 Å². The van der Waals surface area contributed by atoms with Crippen molar-refractivity contribution < 1.29 is 13.7 Å². The number of nitrogens with zero attached hydrogens (tertiary/aromatic N) is 3. The Balaban J connectivity index is 0.00000225. The fraction of sp³-hybridized carbons (Fsp3) is 0.316. The molecule has 1 unspecified atom stereocenters. The van der Waals surface area contributed by atoms with Gasteiger partial charge in [0, 0.05) is 23.7 Å². The van der Waals surface area contributed by atoms with Crippen LogP contribution in [-0.2, 0) is 6.54 Å². The van der Waals surface area contributed by atoms with Gasteiger partial charge in [-0.1, -0.05) is 16.8 Å². The van der Waals surface area contributed by atoms with Gasteiger partial charge in [0.2, 0.25) is 11.7 Å². The Bertz CT molecular complexity index is 939. The number of carbonyl (C=O) groups excluding carboxylic acids is 1. The van der Waals surface area contributed by atoms with Crippen LogP contribution >= 0.6 is 24.0 Å². The van der Waals surface area contributed by atoms with Crippen molar-refractivity contribution in [2.75, 3.05) is 13.1 Å². The topological polar surface area (TPSA) is 98.4 Å². The fourth-order valence-corrected chi connectivity index (χ4v) is 3.39. The molecule has 0 aliphatic carbocycles. The molecule has 3 aromatic rings. The molecule has 0 radical (unpaired) electrons. The number of carbonyl (C=O) groups is 1. The molecule has 1 saturated heterocycles. The predicted molar refractivity (Wildman–Crippen MR) is 106 cm³/mol. The van der Waals surface area contributed by atoms with Gasteiger partial charge in [-0.3, -0.25) is 4.79 Å². The van der Waals surface area contributed by atoms with Crippen LogP contribution < -0.4 is 5.73 Å². The summed E-state index contributed by atoms with van der Waals surface area (Å²) in [5, 5.41) is 4.73. The highest BCUT2D eigenvalue weighted by molar-refractivity contribution is 6.30. The first-order valence-corrected chi connectivity index (χ1v) is 9.18. The maximum atomic E-state index is 12.7. The van der Waals surface area contributed by atoms with E-state index in [2.05, 4.69) is 10.1 Å². The molecule has 2 aromatic heterocycles. The van der Waals surface area contributed by atoms with Crippen molar-refractivity contribution in [1.82, 2.24) is 15.0 Å². The number of aromatic nitrogens is 2. The minimum Gasteiger partial charge on any atom is -0.467 e. The smallest absolute Gasteiger partial charge is 0.257 e. The summed E-state index contributed by atoms with van der Waals surface area (Å²) in [5.41, 5.74) is 6.90. The zero-order chi connectivity index (χ0) is 18.8. The molecular weight excluding hydrogens is 403 g/mol. The molecule has 28 heavy (non-hydrogen) atoms. The van der Waals surface area contributed by atoms with Crippen LogP contribution in [0.3, 0.4) is 0 Å². The molecular formula is C19H20Cl2N4O3. The van der Waals surface area contributed by atoms with Crippen LogP contribution in [0.1, 0.15) is 40.8 Å². The Morgan fingerprint density at radius 2 is 2.11 bits per heavy atom. The van der Waals surface area contributed by atoms with Gasteiger partial charge in [0.25, 0.3) is 5.91 Å². The van der Waals surface area contributed by atoms with Crippen molar-refractivity contribution in [3.8, 4) is 11.4 Å². The van der Waals surface area contributed by atoms with Crippen molar-refractivity contribution in [3.63, 3.8) is 0 Å². The molecule has 0 spiro atoms. The first kappa shape index (κ1) is 20.4. The number of benzene rings is 1. The second kappa shape index (κ2) is 8.77. The number of piperidine rings is 1. The quantitative estimate of drug-likeness (QED) is 0.684. The lowest BCUT2D eigenvalue weighted by Gasteiger charge is -2.30. The van der Waals surface area contributed by atoms with E-state index in [1.807, 2.05) is 12.1 Å². The third-order valence-corrected chi connectivity index (χ3v) is 4.96. The van der Waals surface area contributed by atoms with Gasteiger partial charge in [0.15, 0.2) is 0 Å². The van der Waals surface area contributed by atoms with Crippen LogP contribution in [0.4, 0.5) is 0 Å². The summed E-state index contributed by atoms with van der Waals surface area (Å²) < 4.78 is 10.8. The SMILES string of the molecule is Cl.NCc1cc(C(=O)N2CCCC(c3nc(-c4ccc(Cl)cc4)no3)C2)co1. The molecule has 1 aliphatic rings. The van der Waals surface area contributed by atoms with E-state index in [0.29, 0.717) is 41.2 Å². The molecule has 2 N–H and O–H groups in total. The maximum absolute atomic E-state index is 12.7. The minimum absolute atomic E-state index is 0.